The summed E-state index contributed by atoms with van der Waals surface area (Å²) in [5.41, 5.74) is 1.38. The molecule has 6 unspecified atom stereocenters. The topological polar surface area (TPSA) is 16.1 Å². The van der Waals surface area contributed by atoms with Gasteiger partial charge < -0.3 is 4.90 Å². The molecule has 0 aromatic carbocycles. The Morgan fingerprint density at radius 3 is 2.23 bits per heavy atom. The zero-order chi connectivity index (χ0) is 14.5. The molecule has 1 aromatic heterocycles. The molecule has 114 valence electrons. The van der Waals surface area contributed by atoms with Gasteiger partial charge in [0, 0.05) is 25.5 Å². The predicted octanol–water partition coefficient (Wildman–Crippen LogP) is 3.18. The molecule has 2 heterocycles. The molecule has 2 nitrogen and oxygen atoms in total. The van der Waals surface area contributed by atoms with Gasteiger partial charge in [-0.05, 0) is 66.5 Å². The van der Waals surface area contributed by atoms with Gasteiger partial charge in [-0.3, -0.25) is 4.98 Å². The lowest BCUT2D eigenvalue weighted by atomic mass is 9.50. The molecule has 5 aliphatic rings. The van der Waals surface area contributed by atoms with Crippen LogP contribution in [0.25, 0.3) is 0 Å². The molecule has 4 aliphatic carbocycles. The summed E-state index contributed by atoms with van der Waals surface area (Å²) in [4.78, 5) is 6.96. The summed E-state index contributed by atoms with van der Waals surface area (Å²) >= 11 is 0. The Kier molecular flexibility index (Phi) is 3.00. The Morgan fingerprint density at radius 2 is 1.64 bits per heavy atom. The molecule has 2 bridgehead atoms. The quantitative estimate of drug-likeness (QED) is 0.792. The molecular weight excluding hydrogens is 268 g/mol. The van der Waals surface area contributed by atoms with E-state index in [-0.39, 0.29) is 0 Å². The Labute approximate surface area is 132 Å². The molecule has 6 rings (SSSR count). The van der Waals surface area contributed by atoms with E-state index in [1.807, 2.05) is 18.5 Å². The minimum Gasteiger partial charge on any atom is -0.303 e. The second kappa shape index (κ2) is 5.06. The largest absolute Gasteiger partial charge is 0.303 e. The van der Waals surface area contributed by atoms with Crippen LogP contribution in [0.5, 0.6) is 0 Å². The molecule has 6 atom stereocenters. The number of likely N-dealkylation sites (tertiary alicyclic amines) is 1. The first-order chi connectivity index (χ1) is 10.9. The van der Waals surface area contributed by atoms with Crippen molar-refractivity contribution in [2.45, 2.75) is 12.8 Å². The van der Waals surface area contributed by atoms with Crippen molar-refractivity contribution in [2.24, 2.45) is 35.5 Å². The van der Waals surface area contributed by atoms with Crippen molar-refractivity contribution in [3.63, 3.8) is 0 Å². The highest BCUT2D eigenvalue weighted by molar-refractivity contribution is 5.28. The first kappa shape index (κ1) is 13.1. The Morgan fingerprint density at radius 1 is 0.955 bits per heavy atom. The van der Waals surface area contributed by atoms with Gasteiger partial charge in [0.1, 0.15) is 0 Å². The molecule has 1 saturated carbocycles. The molecule has 0 spiro atoms. The van der Waals surface area contributed by atoms with E-state index in [0.29, 0.717) is 0 Å². The smallest absolute Gasteiger partial charge is 0.0299 e. The van der Waals surface area contributed by atoms with Crippen LogP contribution in [0.4, 0.5) is 0 Å². The van der Waals surface area contributed by atoms with Crippen LogP contribution in [0.2, 0.25) is 0 Å². The SMILES string of the molecule is C1=CC2C1C1C=CC2C2CN(CCCc3cccnc3)CC12. The second-order valence-electron chi connectivity index (χ2n) is 7.63. The Hall–Kier alpha value is -1.41. The van der Waals surface area contributed by atoms with E-state index in [1.54, 1.807) is 0 Å². The lowest BCUT2D eigenvalue weighted by Crippen LogP contribution is -2.49. The highest BCUT2D eigenvalue weighted by Crippen LogP contribution is 2.57. The summed E-state index contributed by atoms with van der Waals surface area (Å²) in [6.07, 6.45) is 16.4. The summed E-state index contributed by atoms with van der Waals surface area (Å²) in [6, 6.07) is 4.25. The predicted molar refractivity (Wildman–Crippen MR) is 88.2 cm³/mol. The normalized spacial score (nSPS) is 41.3. The molecule has 1 aliphatic heterocycles. The van der Waals surface area contributed by atoms with E-state index >= 15 is 0 Å². The number of allylic oxidation sites excluding steroid dienone is 4. The van der Waals surface area contributed by atoms with Gasteiger partial charge >= 0.3 is 0 Å². The molecule has 0 N–H and O–H groups in total. The van der Waals surface area contributed by atoms with Gasteiger partial charge in [-0.1, -0.05) is 30.4 Å². The fourth-order valence-corrected chi connectivity index (χ4v) is 5.50. The van der Waals surface area contributed by atoms with Gasteiger partial charge in [0.2, 0.25) is 0 Å². The van der Waals surface area contributed by atoms with Crippen LogP contribution < -0.4 is 0 Å². The molecule has 0 radical (unpaired) electrons. The average Bonchev–Trinajstić information content (AvgIpc) is 2.94. The van der Waals surface area contributed by atoms with Crippen molar-refractivity contribution in [2.75, 3.05) is 19.6 Å². The van der Waals surface area contributed by atoms with Crippen LogP contribution in [-0.2, 0) is 6.42 Å². The summed E-state index contributed by atoms with van der Waals surface area (Å²) in [7, 11) is 0. The summed E-state index contributed by atoms with van der Waals surface area (Å²) < 4.78 is 0. The van der Waals surface area contributed by atoms with Gasteiger partial charge in [-0.2, -0.15) is 0 Å². The highest BCUT2D eigenvalue weighted by atomic mass is 15.2. The lowest BCUT2D eigenvalue weighted by molar-refractivity contribution is 0.0672. The van der Waals surface area contributed by atoms with Crippen molar-refractivity contribution >= 4 is 0 Å². The molecule has 1 aromatic rings. The zero-order valence-electron chi connectivity index (χ0n) is 13.0. The molecule has 2 heteroatoms. The minimum atomic E-state index is 0.841. The van der Waals surface area contributed by atoms with Gasteiger partial charge in [0.05, 0.1) is 0 Å². The summed E-state index contributed by atoms with van der Waals surface area (Å²) in [5.74, 6) is 5.30. The van der Waals surface area contributed by atoms with E-state index in [2.05, 4.69) is 40.3 Å². The fraction of sp³-hybridized carbons (Fsp3) is 0.550. The number of rotatable bonds is 4. The summed E-state index contributed by atoms with van der Waals surface area (Å²) in [6.45, 7) is 3.92. The third kappa shape index (κ3) is 1.93. The third-order valence-corrected chi connectivity index (χ3v) is 6.58. The van der Waals surface area contributed by atoms with Gasteiger partial charge in [0.25, 0.3) is 0 Å². The molecule has 0 amide bonds. The second-order valence-corrected chi connectivity index (χ2v) is 7.63. The number of aromatic nitrogens is 1. The van der Waals surface area contributed by atoms with Crippen molar-refractivity contribution in [1.82, 2.24) is 9.88 Å². The van der Waals surface area contributed by atoms with Gasteiger partial charge in [0.15, 0.2) is 0 Å². The minimum absolute atomic E-state index is 0.841. The molecule has 22 heavy (non-hydrogen) atoms. The first-order valence-electron chi connectivity index (χ1n) is 8.88. The van der Waals surface area contributed by atoms with Crippen LogP contribution in [0.15, 0.2) is 48.8 Å². The van der Waals surface area contributed by atoms with E-state index in [0.717, 1.165) is 41.9 Å². The van der Waals surface area contributed by atoms with Crippen molar-refractivity contribution < 1.29 is 0 Å². The number of hydrogen-bond acceptors (Lipinski definition) is 2. The average molecular weight is 292 g/mol. The van der Waals surface area contributed by atoms with Crippen LogP contribution in [0.1, 0.15) is 12.0 Å². The van der Waals surface area contributed by atoms with Crippen LogP contribution in [0, 0.1) is 35.5 Å². The fourth-order valence-electron chi connectivity index (χ4n) is 5.50. The highest BCUT2D eigenvalue weighted by Gasteiger charge is 2.54. The number of hydrogen-bond donors (Lipinski definition) is 0. The van der Waals surface area contributed by atoms with Gasteiger partial charge in [-0.15, -0.1) is 0 Å². The maximum atomic E-state index is 4.22. The van der Waals surface area contributed by atoms with E-state index in [9.17, 15) is 0 Å². The lowest BCUT2D eigenvalue weighted by Gasteiger charge is -2.53. The van der Waals surface area contributed by atoms with E-state index < -0.39 is 0 Å². The Balaban J connectivity index is 1.20. The van der Waals surface area contributed by atoms with Crippen molar-refractivity contribution in [3.8, 4) is 0 Å². The monoisotopic (exact) mass is 292 g/mol. The summed E-state index contributed by atoms with van der Waals surface area (Å²) in [5, 5.41) is 0. The van der Waals surface area contributed by atoms with Crippen molar-refractivity contribution in [1.29, 1.82) is 0 Å². The van der Waals surface area contributed by atoms with Crippen molar-refractivity contribution in [3.05, 3.63) is 54.4 Å². The number of aryl methyl sites for hydroxylation is 1. The third-order valence-electron chi connectivity index (χ3n) is 6.58. The number of pyridine rings is 1. The number of nitrogens with zero attached hydrogens (tertiary/aromatic N) is 2. The zero-order valence-corrected chi connectivity index (χ0v) is 13.0. The first-order valence-corrected chi connectivity index (χ1v) is 8.88. The molecule has 2 fully saturated rings. The maximum Gasteiger partial charge on any atom is 0.0299 e. The molecular formula is C20H24N2. The molecule has 1 saturated heterocycles. The standard InChI is InChI=1S/C20H24N2/c1-3-14(11-21-9-1)4-2-10-22-12-19-17-7-8-18(20(19)13-22)16-6-5-15(16)17/h1,3,5-9,11,15-20H,2,4,10,12-13H2. The Bertz CT molecular complexity index is 575. The van der Waals surface area contributed by atoms with Crippen LogP contribution in [-0.4, -0.2) is 29.5 Å². The van der Waals surface area contributed by atoms with Crippen LogP contribution in [0.3, 0.4) is 0 Å². The van der Waals surface area contributed by atoms with E-state index in [1.165, 1.54) is 31.6 Å². The maximum absolute atomic E-state index is 4.22. The van der Waals surface area contributed by atoms with Gasteiger partial charge in [-0.25, -0.2) is 0 Å². The van der Waals surface area contributed by atoms with E-state index in [4.69, 9.17) is 0 Å². The van der Waals surface area contributed by atoms with Crippen LogP contribution >= 0.6 is 0 Å².